The molecule has 4 heterocycles. The maximum Gasteiger partial charge on any atom is 0.393 e. The van der Waals surface area contributed by atoms with E-state index >= 15 is 0 Å². The number of nitrogens with one attached hydrogen (secondary N) is 1. The quantitative estimate of drug-likeness (QED) is 0.555. The molecule has 2 aliphatic heterocycles. The van der Waals surface area contributed by atoms with Crippen molar-refractivity contribution in [3.63, 3.8) is 0 Å². The van der Waals surface area contributed by atoms with Gasteiger partial charge in [-0.15, -0.1) is 11.3 Å². The normalized spacial score (nSPS) is 21.1. The van der Waals surface area contributed by atoms with E-state index in [1.165, 1.54) is 13.3 Å². The Bertz CT molecular complexity index is 1210. The van der Waals surface area contributed by atoms with E-state index < -0.39 is 12.6 Å². The van der Waals surface area contributed by atoms with Gasteiger partial charge in [-0.05, 0) is 43.1 Å². The molecular formula is C24H26F3N5OS. The van der Waals surface area contributed by atoms with Gasteiger partial charge in [-0.25, -0.2) is 9.97 Å². The van der Waals surface area contributed by atoms with Crippen molar-refractivity contribution in [2.75, 3.05) is 36.4 Å². The molecule has 1 aromatic carbocycles. The maximum absolute atomic E-state index is 12.9. The lowest BCUT2D eigenvalue weighted by Crippen LogP contribution is -2.31. The van der Waals surface area contributed by atoms with Crippen LogP contribution in [0, 0.1) is 5.41 Å². The number of alkyl halides is 3. The van der Waals surface area contributed by atoms with E-state index in [4.69, 9.17) is 0 Å². The van der Waals surface area contributed by atoms with E-state index in [1.807, 2.05) is 18.2 Å². The first-order valence-electron chi connectivity index (χ1n) is 11.3. The van der Waals surface area contributed by atoms with Crippen LogP contribution in [-0.2, 0) is 17.8 Å². The van der Waals surface area contributed by atoms with Gasteiger partial charge in [0.25, 0.3) is 0 Å². The maximum atomic E-state index is 12.9. The fraction of sp³-hybridized carbons (Fsp3) is 0.458. The van der Waals surface area contributed by atoms with E-state index in [0.717, 1.165) is 74.0 Å². The van der Waals surface area contributed by atoms with Crippen molar-refractivity contribution in [2.24, 2.45) is 5.41 Å². The highest BCUT2D eigenvalue weighted by molar-refractivity contribution is 7.18. The van der Waals surface area contributed by atoms with Crippen LogP contribution in [-0.4, -0.2) is 53.1 Å². The van der Waals surface area contributed by atoms with Gasteiger partial charge in [0, 0.05) is 49.1 Å². The second-order valence-corrected chi connectivity index (χ2v) is 10.5. The molecule has 180 valence electrons. The first kappa shape index (κ1) is 23.0. The van der Waals surface area contributed by atoms with Gasteiger partial charge in [-0.3, -0.25) is 9.69 Å². The zero-order chi connectivity index (χ0) is 23.9. The summed E-state index contributed by atoms with van der Waals surface area (Å²) in [6.45, 7) is 5.95. The molecule has 34 heavy (non-hydrogen) atoms. The van der Waals surface area contributed by atoms with Crippen molar-refractivity contribution < 1.29 is 18.0 Å². The minimum Gasteiger partial charge on any atom is -0.355 e. The minimum atomic E-state index is -4.23. The summed E-state index contributed by atoms with van der Waals surface area (Å²) in [6, 6.07) is 9.54. The first-order valence-corrected chi connectivity index (χ1v) is 12.1. The minimum absolute atomic E-state index is 0.0849. The van der Waals surface area contributed by atoms with Crippen LogP contribution in [0.5, 0.6) is 0 Å². The number of hydrogen-bond acceptors (Lipinski definition) is 6. The van der Waals surface area contributed by atoms with Gasteiger partial charge in [0.2, 0.25) is 5.91 Å². The van der Waals surface area contributed by atoms with Crippen molar-refractivity contribution in [2.45, 2.75) is 38.9 Å². The second-order valence-electron chi connectivity index (χ2n) is 9.43. The summed E-state index contributed by atoms with van der Waals surface area (Å²) in [5.74, 6) is 0.659. The molecular weight excluding hydrogens is 463 g/mol. The van der Waals surface area contributed by atoms with Gasteiger partial charge < -0.3 is 10.2 Å². The van der Waals surface area contributed by atoms with E-state index in [-0.39, 0.29) is 16.2 Å². The number of fused-ring (bicyclic) bond motifs is 1. The van der Waals surface area contributed by atoms with E-state index in [0.29, 0.717) is 10.2 Å². The first-order chi connectivity index (χ1) is 16.2. The third-order valence-electron chi connectivity index (χ3n) is 6.64. The number of carbonyl (C=O) groups excluding carboxylic acids is 1. The van der Waals surface area contributed by atoms with E-state index in [2.05, 4.69) is 31.2 Å². The summed E-state index contributed by atoms with van der Waals surface area (Å²) in [6.07, 6.45) is -1.61. The molecule has 2 aromatic heterocycles. The fourth-order valence-corrected chi connectivity index (χ4v) is 6.27. The molecule has 1 N–H and O–H groups in total. The van der Waals surface area contributed by atoms with Gasteiger partial charge in [0.05, 0.1) is 11.8 Å². The fourth-order valence-electron chi connectivity index (χ4n) is 5.25. The molecule has 0 saturated carbocycles. The monoisotopic (exact) mass is 489 g/mol. The van der Waals surface area contributed by atoms with Crippen molar-refractivity contribution in [1.82, 2.24) is 14.9 Å². The molecule has 0 aliphatic carbocycles. The Balaban J connectivity index is 1.27. The number of likely N-dealkylation sites (tertiary alicyclic amines) is 1. The largest absolute Gasteiger partial charge is 0.393 e. The number of amides is 1. The average molecular weight is 490 g/mol. The third-order valence-corrected chi connectivity index (χ3v) is 7.69. The lowest BCUT2D eigenvalue weighted by atomic mass is 9.86. The number of nitrogens with zero attached hydrogens (tertiary/aromatic N) is 4. The summed E-state index contributed by atoms with van der Waals surface area (Å²) in [7, 11) is 0. The molecule has 1 spiro atoms. The standard InChI is InChI=1S/C24H26F3N5OS/c1-16(33)30-18-4-2-3-17(9-18)12-31-7-5-23(13-31)6-8-32(14-23)21-20-10-19(11-24(25,26)27)34-22(20)29-15-28-21/h2-4,9-10,15H,5-8,11-14H2,1H3,(H,30,33). The number of anilines is 2. The third kappa shape index (κ3) is 5.02. The van der Waals surface area contributed by atoms with Crippen LogP contribution in [0.15, 0.2) is 36.7 Å². The average Bonchev–Trinajstić information content (AvgIpc) is 3.45. The van der Waals surface area contributed by atoms with Gasteiger partial charge >= 0.3 is 6.18 Å². The number of rotatable bonds is 5. The van der Waals surface area contributed by atoms with Gasteiger partial charge in [-0.2, -0.15) is 13.2 Å². The predicted octanol–water partition coefficient (Wildman–Crippen LogP) is 4.86. The van der Waals surface area contributed by atoms with Crippen LogP contribution >= 0.6 is 11.3 Å². The summed E-state index contributed by atoms with van der Waals surface area (Å²) >= 11 is 1.09. The van der Waals surface area contributed by atoms with Crippen LogP contribution in [0.3, 0.4) is 0 Å². The molecule has 5 rings (SSSR count). The predicted molar refractivity (Wildman–Crippen MR) is 127 cm³/mol. The summed E-state index contributed by atoms with van der Waals surface area (Å²) in [5, 5.41) is 3.55. The zero-order valence-corrected chi connectivity index (χ0v) is 19.7. The summed E-state index contributed by atoms with van der Waals surface area (Å²) in [5.41, 5.74) is 2.11. The summed E-state index contributed by atoms with van der Waals surface area (Å²) in [4.78, 5) is 25.6. The Morgan fingerprint density at radius 2 is 2.00 bits per heavy atom. The smallest absolute Gasteiger partial charge is 0.355 e. The summed E-state index contributed by atoms with van der Waals surface area (Å²) < 4.78 is 38.6. The molecule has 2 saturated heterocycles. The highest BCUT2D eigenvalue weighted by atomic mass is 32.1. The molecule has 3 aromatic rings. The molecule has 1 atom stereocenters. The molecule has 0 bridgehead atoms. The topological polar surface area (TPSA) is 61.4 Å². The van der Waals surface area contributed by atoms with Crippen molar-refractivity contribution in [3.8, 4) is 0 Å². The van der Waals surface area contributed by atoms with Crippen molar-refractivity contribution >= 4 is 39.0 Å². The Hall–Kier alpha value is -2.72. The Morgan fingerprint density at radius 1 is 1.18 bits per heavy atom. The number of thiophene rings is 1. The Kier molecular flexibility index (Phi) is 5.97. The SMILES string of the molecule is CC(=O)Nc1cccc(CN2CCC3(CCN(c4ncnc5sc(CC(F)(F)F)cc45)C3)C2)c1. The molecule has 2 aliphatic rings. The van der Waals surface area contributed by atoms with E-state index in [9.17, 15) is 18.0 Å². The molecule has 1 unspecified atom stereocenters. The van der Waals surface area contributed by atoms with Crippen molar-refractivity contribution in [1.29, 1.82) is 0 Å². The van der Waals surface area contributed by atoms with E-state index in [1.54, 1.807) is 6.07 Å². The lowest BCUT2D eigenvalue weighted by Gasteiger charge is -2.25. The molecule has 10 heteroatoms. The number of halogens is 3. The number of aromatic nitrogens is 2. The van der Waals surface area contributed by atoms with Crippen LogP contribution in [0.2, 0.25) is 0 Å². The molecule has 1 amide bonds. The molecule has 6 nitrogen and oxygen atoms in total. The van der Waals surface area contributed by atoms with Gasteiger partial charge in [0.15, 0.2) is 0 Å². The van der Waals surface area contributed by atoms with Crippen LogP contribution in [0.4, 0.5) is 24.7 Å². The zero-order valence-electron chi connectivity index (χ0n) is 18.9. The van der Waals surface area contributed by atoms with Crippen LogP contribution in [0.1, 0.15) is 30.2 Å². The molecule has 0 radical (unpaired) electrons. The Labute approximate surface area is 199 Å². The van der Waals surface area contributed by atoms with Crippen LogP contribution < -0.4 is 10.2 Å². The number of hydrogen-bond donors (Lipinski definition) is 1. The van der Waals surface area contributed by atoms with Gasteiger partial charge in [-0.1, -0.05) is 12.1 Å². The molecule has 2 fully saturated rings. The second kappa shape index (κ2) is 8.81. The van der Waals surface area contributed by atoms with Crippen LogP contribution in [0.25, 0.3) is 10.2 Å². The highest BCUT2D eigenvalue weighted by Crippen LogP contribution is 2.43. The number of benzene rings is 1. The van der Waals surface area contributed by atoms with Crippen molar-refractivity contribution in [3.05, 3.63) is 47.1 Å². The highest BCUT2D eigenvalue weighted by Gasteiger charge is 2.44. The Morgan fingerprint density at radius 3 is 2.79 bits per heavy atom. The number of carbonyl (C=O) groups is 1. The lowest BCUT2D eigenvalue weighted by molar-refractivity contribution is -0.126. The van der Waals surface area contributed by atoms with Gasteiger partial charge in [0.1, 0.15) is 17.0 Å².